The number of hydrogen-bond donors (Lipinski definition) is 2. The lowest BCUT2D eigenvalue weighted by atomic mass is 10.1. The molecule has 0 amide bonds. The minimum atomic E-state index is -0.364. The third-order valence-corrected chi connectivity index (χ3v) is 2.07. The third-order valence-electron chi connectivity index (χ3n) is 2.07. The van der Waals surface area contributed by atoms with Crippen LogP contribution < -0.4 is 11.1 Å². The molecule has 4 nitrogen and oxygen atoms in total. The molecule has 0 aromatic heterocycles. The molecule has 0 atom stereocenters. The maximum atomic E-state index is 11.3. The van der Waals surface area contributed by atoms with Crippen LogP contribution in [-0.4, -0.2) is 20.1 Å². The molecule has 3 N–H and O–H groups in total. The molecular weight excluding hydrogens is 204 g/mol. The zero-order chi connectivity index (χ0) is 12.7. The standard InChI is InChI=1S/C10H14N2O2.C2H6/c1-6-4-9(12-2)8(11)5-7(6)10(13)14-3;1-2/h4-5,12H,11H2,1-3H3;1-2H3. The zero-order valence-electron chi connectivity index (χ0n) is 10.5. The minimum absolute atomic E-state index is 0.364. The summed E-state index contributed by atoms with van der Waals surface area (Å²) in [6.45, 7) is 5.84. The molecule has 0 fully saturated rings. The van der Waals surface area contributed by atoms with E-state index < -0.39 is 0 Å². The first-order valence-electron chi connectivity index (χ1n) is 5.26. The van der Waals surface area contributed by atoms with Gasteiger partial charge in [0.15, 0.2) is 0 Å². The van der Waals surface area contributed by atoms with E-state index in [9.17, 15) is 4.79 Å². The summed E-state index contributed by atoms with van der Waals surface area (Å²) >= 11 is 0. The largest absolute Gasteiger partial charge is 0.465 e. The van der Waals surface area contributed by atoms with Crippen molar-refractivity contribution in [2.75, 3.05) is 25.2 Å². The number of aryl methyl sites for hydroxylation is 1. The number of carbonyl (C=O) groups excluding carboxylic acids is 1. The molecule has 0 unspecified atom stereocenters. The van der Waals surface area contributed by atoms with Crippen LogP contribution >= 0.6 is 0 Å². The van der Waals surface area contributed by atoms with Gasteiger partial charge in [0, 0.05) is 7.05 Å². The molecule has 90 valence electrons. The zero-order valence-corrected chi connectivity index (χ0v) is 10.5. The summed E-state index contributed by atoms with van der Waals surface area (Å²) in [6, 6.07) is 3.44. The fraction of sp³-hybridized carbons (Fsp3) is 0.417. The molecule has 1 rings (SSSR count). The Bertz CT molecular complexity index is 362. The SMILES string of the molecule is CC.CNc1cc(C)c(C(=O)OC)cc1N. The second kappa shape index (κ2) is 6.71. The summed E-state index contributed by atoms with van der Waals surface area (Å²) < 4.78 is 4.63. The van der Waals surface area contributed by atoms with E-state index in [0.29, 0.717) is 11.3 Å². The average Bonchev–Trinajstić information content (AvgIpc) is 2.33. The summed E-state index contributed by atoms with van der Waals surface area (Å²) in [5, 5.41) is 2.94. The van der Waals surface area contributed by atoms with Crippen molar-refractivity contribution >= 4 is 17.3 Å². The topological polar surface area (TPSA) is 64.3 Å². The van der Waals surface area contributed by atoms with Gasteiger partial charge in [-0.05, 0) is 24.6 Å². The minimum Gasteiger partial charge on any atom is -0.465 e. The first kappa shape index (κ1) is 14.3. The molecule has 1 aromatic carbocycles. The van der Waals surface area contributed by atoms with E-state index in [1.54, 1.807) is 13.1 Å². The Morgan fingerprint density at radius 2 is 1.94 bits per heavy atom. The number of nitrogens with two attached hydrogens (primary N) is 1. The van der Waals surface area contributed by atoms with Gasteiger partial charge in [-0.1, -0.05) is 13.8 Å². The average molecular weight is 224 g/mol. The van der Waals surface area contributed by atoms with Gasteiger partial charge >= 0.3 is 5.97 Å². The van der Waals surface area contributed by atoms with Crippen molar-refractivity contribution in [3.8, 4) is 0 Å². The van der Waals surface area contributed by atoms with Crippen molar-refractivity contribution in [2.24, 2.45) is 0 Å². The highest BCUT2D eigenvalue weighted by atomic mass is 16.5. The number of hydrogen-bond acceptors (Lipinski definition) is 4. The van der Waals surface area contributed by atoms with Gasteiger partial charge < -0.3 is 15.8 Å². The lowest BCUT2D eigenvalue weighted by Crippen LogP contribution is -2.06. The summed E-state index contributed by atoms with van der Waals surface area (Å²) in [4.78, 5) is 11.3. The number of methoxy groups -OCH3 is 1. The molecule has 16 heavy (non-hydrogen) atoms. The van der Waals surface area contributed by atoms with E-state index in [1.165, 1.54) is 7.11 Å². The smallest absolute Gasteiger partial charge is 0.338 e. The van der Waals surface area contributed by atoms with Crippen LogP contribution in [0.1, 0.15) is 29.8 Å². The number of ether oxygens (including phenoxy) is 1. The molecule has 0 radical (unpaired) electrons. The number of carbonyl (C=O) groups is 1. The van der Waals surface area contributed by atoms with Crippen LogP contribution in [0.4, 0.5) is 11.4 Å². The summed E-state index contributed by atoms with van der Waals surface area (Å²) in [5.74, 6) is -0.364. The van der Waals surface area contributed by atoms with Crippen LogP contribution in [0.3, 0.4) is 0 Å². The number of rotatable bonds is 2. The lowest BCUT2D eigenvalue weighted by molar-refractivity contribution is 0.0600. The Balaban J connectivity index is 0.00000106. The van der Waals surface area contributed by atoms with E-state index in [0.717, 1.165) is 11.3 Å². The molecule has 0 spiro atoms. The van der Waals surface area contributed by atoms with Gasteiger partial charge in [0.1, 0.15) is 0 Å². The van der Waals surface area contributed by atoms with Crippen molar-refractivity contribution in [1.29, 1.82) is 0 Å². The van der Waals surface area contributed by atoms with Crippen molar-refractivity contribution in [3.05, 3.63) is 23.3 Å². The number of nitrogen functional groups attached to an aromatic ring is 1. The van der Waals surface area contributed by atoms with Crippen molar-refractivity contribution < 1.29 is 9.53 Å². The van der Waals surface area contributed by atoms with Crippen LogP contribution in [-0.2, 0) is 4.74 Å². The van der Waals surface area contributed by atoms with E-state index in [-0.39, 0.29) is 5.97 Å². The highest BCUT2D eigenvalue weighted by molar-refractivity contribution is 5.93. The highest BCUT2D eigenvalue weighted by Gasteiger charge is 2.11. The van der Waals surface area contributed by atoms with Crippen molar-refractivity contribution in [2.45, 2.75) is 20.8 Å². The second-order valence-corrected chi connectivity index (χ2v) is 3.00. The Morgan fingerprint density at radius 3 is 2.38 bits per heavy atom. The number of nitrogens with one attached hydrogen (secondary N) is 1. The van der Waals surface area contributed by atoms with Gasteiger partial charge in [-0.25, -0.2) is 4.79 Å². The van der Waals surface area contributed by atoms with Gasteiger partial charge in [0.05, 0.1) is 24.0 Å². The second-order valence-electron chi connectivity index (χ2n) is 3.00. The normalized spacial score (nSPS) is 8.81. The lowest BCUT2D eigenvalue weighted by Gasteiger charge is -2.09. The highest BCUT2D eigenvalue weighted by Crippen LogP contribution is 2.23. The monoisotopic (exact) mass is 224 g/mol. The predicted molar refractivity (Wildman–Crippen MR) is 67.8 cm³/mol. The Labute approximate surface area is 96.8 Å². The van der Waals surface area contributed by atoms with Gasteiger partial charge in [0.2, 0.25) is 0 Å². The first-order valence-corrected chi connectivity index (χ1v) is 5.26. The molecule has 0 saturated carbocycles. The molecular formula is C12H20N2O2. The van der Waals surface area contributed by atoms with Gasteiger partial charge in [-0.15, -0.1) is 0 Å². The molecule has 4 heteroatoms. The van der Waals surface area contributed by atoms with E-state index in [1.807, 2.05) is 26.8 Å². The maximum Gasteiger partial charge on any atom is 0.338 e. The quantitative estimate of drug-likeness (QED) is 0.598. The van der Waals surface area contributed by atoms with Gasteiger partial charge in [0.25, 0.3) is 0 Å². The molecule has 0 aliphatic carbocycles. The molecule has 0 saturated heterocycles. The third kappa shape index (κ3) is 3.15. The van der Waals surface area contributed by atoms with Crippen LogP contribution in [0.2, 0.25) is 0 Å². The Kier molecular flexibility index (Phi) is 6.00. The number of esters is 1. The van der Waals surface area contributed by atoms with Crippen LogP contribution in [0.25, 0.3) is 0 Å². The van der Waals surface area contributed by atoms with Crippen LogP contribution in [0.5, 0.6) is 0 Å². The van der Waals surface area contributed by atoms with E-state index in [4.69, 9.17) is 5.73 Å². The Hall–Kier alpha value is -1.71. The number of anilines is 2. The summed E-state index contributed by atoms with van der Waals surface area (Å²) in [6.07, 6.45) is 0. The Morgan fingerprint density at radius 1 is 1.38 bits per heavy atom. The van der Waals surface area contributed by atoms with Crippen LogP contribution in [0.15, 0.2) is 12.1 Å². The fourth-order valence-corrected chi connectivity index (χ4v) is 1.27. The molecule has 0 bridgehead atoms. The molecule has 0 aliphatic heterocycles. The van der Waals surface area contributed by atoms with Gasteiger partial charge in [-0.3, -0.25) is 0 Å². The molecule has 0 heterocycles. The molecule has 1 aromatic rings. The fourth-order valence-electron chi connectivity index (χ4n) is 1.27. The first-order chi connectivity index (χ1) is 7.60. The van der Waals surface area contributed by atoms with E-state index in [2.05, 4.69) is 10.1 Å². The number of benzene rings is 1. The van der Waals surface area contributed by atoms with Gasteiger partial charge in [-0.2, -0.15) is 0 Å². The summed E-state index contributed by atoms with van der Waals surface area (Å²) in [7, 11) is 3.13. The van der Waals surface area contributed by atoms with E-state index >= 15 is 0 Å². The van der Waals surface area contributed by atoms with Crippen LogP contribution in [0, 0.1) is 6.92 Å². The summed E-state index contributed by atoms with van der Waals surface area (Å²) in [5.41, 5.74) is 8.42. The van der Waals surface area contributed by atoms with Crippen molar-refractivity contribution in [1.82, 2.24) is 0 Å². The predicted octanol–water partition coefficient (Wildman–Crippen LogP) is 2.43. The van der Waals surface area contributed by atoms with Crippen molar-refractivity contribution in [3.63, 3.8) is 0 Å². The molecule has 0 aliphatic rings. The maximum absolute atomic E-state index is 11.3.